The molecule has 8 nitrogen and oxygen atoms in total. The van der Waals surface area contributed by atoms with Crippen LogP contribution >= 0.6 is 0 Å². The van der Waals surface area contributed by atoms with Crippen LogP contribution in [0.3, 0.4) is 0 Å². The average Bonchev–Trinajstić information content (AvgIpc) is 2.79. The monoisotopic (exact) mass is 462 g/mol. The summed E-state index contributed by atoms with van der Waals surface area (Å²) in [6, 6.07) is 0. The molecule has 0 rings (SSSR count). The molecule has 4 atom stereocenters. The molecule has 0 aliphatic rings. The van der Waals surface area contributed by atoms with Gasteiger partial charge in [0.1, 0.15) is 12.2 Å². The largest absolute Gasteiger partial charge is 0.479 e. The van der Waals surface area contributed by atoms with E-state index in [1.54, 1.807) is 0 Å². The first kappa shape index (κ1) is 30.9. The number of aliphatic hydroxyl groups is 5. The molecule has 0 aromatic heterocycles. The Morgan fingerprint density at radius 2 is 1.09 bits per heavy atom. The lowest BCUT2D eigenvalue weighted by atomic mass is 9.85. The topological polar surface area (TPSA) is 156 Å². The van der Waals surface area contributed by atoms with E-state index in [0.717, 1.165) is 25.7 Å². The Morgan fingerprint density at radius 3 is 1.44 bits per heavy atom. The number of carbonyl (C=O) groups excluding carboxylic acids is 1. The Kier molecular flexibility index (Phi) is 17.8. The summed E-state index contributed by atoms with van der Waals surface area (Å²) in [6.07, 6.45) is 10.3. The number of carboxylic acids is 1. The molecule has 0 aliphatic heterocycles. The smallest absolute Gasteiger partial charge is 0.335 e. The third kappa shape index (κ3) is 12.3. The van der Waals surface area contributed by atoms with Crippen LogP contribution in [0.15, 0.2) is 0 Å². The van der Waals surface area contributed by atoms with E-state index in [4.69, 9.17) is 5.11 Å². The molecule has 32 heavy (non-hydrogen) atoms. The molecule has 0 amide bonds. The van der Waals surface area contributed by atoms with Crippen molar-refractivity contribution in [3.05, 3.63) is 0 Å². The molecule has 0 fully saturated rings. The van der Waals surface area contributed by atoms with Gasteiger partial charge in [-0.15, -0.1) is 0 Å². The Hall–Kier alpha value is -1.06. The van der Waals surface area contributed by atoms with Crippen LogP contribution in [-0.2, 0) is 9.59 Å². The van der Waals surface area contributed by atoms with Crippen molar-refractivity contribution in [3.63, 3.8) is 0 Å². The van der Waals surface area contributed by atoms with Crippen molar-refractivity contribution >= 4 is 11.8 Å². The van der Waals surface area contributed by atoms with Crippen LogP contribution in [0.2, 0.25) is 0 Å². The van der Waals surface area contributed by atoms with Crippen molar-refractivity contribution in [3.8, 4) is 0 Å². The van der Waals surface area contributed by atoms with Gasteiger partial charge in [0.15, 0.2) is 17.5 Å². The third-order valence-corrected chi connectivity index (χ3v) is 6.12. The summed E-state index contributed by atoms with van der Waals surface area (Å²) in [4.78, 5) is 23.0. The SMILES string of the molecule is CCCCCCCCCCCCCCCCCC(=O)C(O)(CO)C(O)C(O)C(O)C(=O)O. The minimum atomic E-state index is -2.72. The van der Waals surface area contributed by atoms with Gasteiger partial charge in [0.2, 0.25) is 0 Å². The number of aliphatic hydroxyl groups excluding tert-OH is 4. The molecule has 190 valence electrons. The predicted molar refractivity (Wildman–Crippen MR) is 122 cm³/mol. The van der Waals surface area contributed by atoms with Crippen molar-refractivity contribution < 1.29 is 40.2 Å². The van der Waals surface area contributed by atoms with Gasteiger partial charge < -0.3 is 30.6 Å². The summed E-state index contributed by atoms with van der Waals surface area (Å²) in [7, 11) is 0. The summed E-state index contributed by atoms with van der Waals surface area (Å²) >= 11 is 0. The summed E-state index contributed by atoms with van der Waals surface area (Å²) < 4.78 is 0. The molecule has 8 heteroatoms. The number of hydrogen-bond donors (Lipinski definition) is 6. The van der Waals surface area contributed by atoms with Crippen molar-refractivity contribution in [2.75, 3.05) is 6.61 Å². The maximum atomic E-state index is 12.3. The lowest BCUT2D eigenvalue weighted by molar-refractivity contribution is -0.188. The molecule has 0 aromatic rings. The summed E-state index contributed by atoms with van der Waals surface area (Å²) in [5, 5.41) is 57.2. The van der Waals surface area contributed by atoms with Crippen molar-refractivity contribution in [1.29, 1.82) is 0 Å². The van der Waals surface area contributed by atoms with E-state index in [-0.39, 0.29) is 6.42 Å². The van der Waals surface area contributed by atoms with Gasteiger partial charge in [0.05, 0.1) is 6.61 Å². The van der Waals surface area contributed by atoms with Crippen LogP contribution in [0.5, 0.6) is 0 Å². The van der Waals surface area contributed by atoms with E-state index in [0.29, 0.717) is 6.42 Å². The molecule has 0 spiro atoms. The zero-order valence-corrected chi connectivity index (χ0v) is 19.8. The molecular weight excluding hydrogens is 416 g/mol. The van der Waals surface area contributed by atoms with Gasteiger partial charge in [-0.3, -0.25) is 4.79 Å². The normalized spacial score (nSPS) is 16.3. The van der Waals surface area contributed by atoms with Crippen LogP contribution in [0, 0.1) is 0 Å². The highest BCUT2D eigenvalue weighted by molar-refractivity contribution is 5.88. The van der Waals surface area contributed by atoms with Gasteiger partial charge in [-0.25, -0.2) is 4.79 Å². The molecule has 0 aromatic carbocycles. The number of unbranched alkanes of at least 4 members (excludes halogenated alkanes) is 14. The fraction of sp³-hybridized carbons (Fsp3) is 0.917. The average molecular weight is 463 g/mol. The minimum Gasteiger partial charge on any atom is -0.479 e. The first-order valence-corrected chi connectivity index (χ1v) is 12.4. The quantitative estimate of drug-likeness (QED) is 0.134. The maximum Gasteiger partial charge on any atom is 0.335 e. The van der Waals surface area contributed by atoms with Gasteiger partial charge in [-0.1, -0.05) is 96.8 Å². The highest BCUT2D eigenvalue weighted by atomic mass is 16.4. The van der Waals surface area contributed by atoms with E-state index in [9.17, 15) is 35.1 Å². The second-order valence-electron chi connectivity index (χ2n) is 8.92. The van der Waals surface area contributed by atoms with Gasteiger partial charge in [0, 0.05) is 6.42 Å². The number of rotatable bonds is 22. The standard InChI is InChI=1S/C24H46O8/c1-2-3-4-5-6-7-8-9-10-11-12-13-14-15-16-17-19(26)24(32,18-25)22(29)20(27)21(28)23(30)31/h20-22,25,27-29,32H,2-18H2,1H3,(H,30,31). The van der Waals surface area contributed by atoms with E-state index in [1.807, 2.05) is 0 Å². The van der Waals surface area contributed by atoms with E-state index < -0.39 is 42.3 Å². The Bertz CT molecular complexity index is 498. The van der Waals surface area contributed by atoms with Crippen LogP contribution in [-0.4, -0.2) is 72.9 Å². The Morgan fingerprint density at radius 1 is 0.719 bits per heavy atom. The minimum absolute atomic E-state index is 0.123. The molecule has 6 N–H and O–H groups in total. The lowest BCUT2D eigenvalue weighted by Crippen LogP contribution is -2.60. The number of ketones is 1. The van der Waals surface area contributed by atoms with E-state index in [1.165, 1.54) is 64.2 Å². The summed E-state index contributed by atoms with van der Waals surface area (Å²) in [5.41, 5.74) is -2.72. The van der Waals surface area contributed by atoms with Gasteiger partial charge in [0.25, 0.3) is 0 Å². The first-order chi connectivity index (χ1) is 15.2. The van der Waals surface area contributed by atoms with Gasteiger partial charge >= 0.3 is 5.97 Å². The second kappa shape index (κ2) is 18.4. The zero-order valence-electron chi connectivity index (χ0n) is 19.8. The van der Waals surface area contributed by atoms with Gasteiger partial charge in [-0.05, 0) is 6.42 Å². The highest BCUT2D eigenvalue weighted by Crippen LogP contribution is 2.21. The molecule has 4 unspecified atom stereocenters. The number of aliphatic carboxylic acids is 1. The number of carboxylic acid groups (broad SMARTS) is 1. The fourth-order valence-corrected chi connectivity index (χ4v) is 3.82. The van der Waals surface area contributed by atoms with Crippen molar-refractivity contribution in [2.24, 2.45) is 0 Å². The molecule has 0 radical (unpaired) electrons. The second-order valence-corrected chi connectivity index (χ2v) is 8.92. The first-order valence-electron chi connectivity index (χ1n) is 12.4. The maximum absolute atomic E-state index is 12.3. The van der Waals surface area contributed by atoms with Crippen molar-refractivity contribution in [1.82, 2.24) is 0 Å². The molecular formula is C24H46O8. The van der Waals surface area contributed by atoms with Crippen molar-refractivity contribution in [2.45, 2.75) is 134 Å². The summed E-state index contributed by atoms with van der Waals surface area (Å²) in [5.74, 6) is -2.70. The fourth-order valence-electron chi connectivity index (χ4n) is 3.82. The van der Waals surface area contributed by atoms with E-state index in [2.05, 4.69) is 6.92 Å². The van der Waals surface area contributed by atoms with Crippen LogP contribution in [0.1, 0.15) is 110 Å². The van der Waals surface area contributed by atoms with E-state index >= 15 is 0 Å². The molecule has 0 heterocycles. The van der Waals surface area contributed by atoms with Crippen LogP contribution in [0.4, 0.5) is 0 Å². The number of hydrogen-bond acceptors (Lipinski definition) is 7. The van der Waals surface area contributed by atoms with Crippen LogP contribution < -0.4 is 0 Å². The lowest BCUT2D eigenvalue weighted by Gasteiger charge is -2.33. The Labute approximate surface area is 192 Å². The zero-order chi connectivity index (χ0) is 24.4. The van der Waals surface area contributed by atoms with Gasteiger partial charge in [-0.2, -0.15) is 0 Å². The molecule has 0 saturated carbocycles. The number of Topliss-reactive ketones (excluding diaryl/α,β-unsaturated/α-hetero) is 1. The van der Waals surface area contributed by atoms with Crippen LogP contribution in [0.25, 0.3) is 0 Å². The predicted octanol–water partition coefficient (Wildman–Crippen LogP) is 2.71. The highest BCUT2D eigenvalue weighted by Gasteiger charge is 2.48. The molecule has 0 aliphatic carbocycles. The number of carbonyl (C=O) groups is 2. The summed E-state index contributed by atoms with van der Waals surface area (Å²) in [6.45, 7) is 1.04. The Balaban J connectivity index is 3.89. The molecule has 0 saturated heterocycles. The molecule has 0 bridgehead atoms. The third-order valence-electron chi connectivity index (χ3n) is 6.12.